The van der Waals surface area contributed by atoms with Crippen molar-refractivity contribution in [2.75, 3.05) is 12.3 Å². The number of aliphatic imine (C=N–C) groups is 1. The second kappa shape index (κ2) is 6.07. The lowest BCUT2D eigenvalue weighted by atomic mass is 10.2. The average Bonchev–Trinajstić information content (AvgIpc) is 2.81. The molecule has 0 radical (unpaired) electrons. The van der Waals surface area contributed by atoms with Gasteiger partial charge in [0.1, 0.15) is 0 Å². The predicted molar refractivity (Wildman–Crippen MR) is 74.3 cm³/mol. The monoisotopic (exact) mass is 313 g/mol. The smallest absolute Gasteiger partial charge is 0.321 e. The van der Waals surface area contributed by atoms with Gasteiger partial charge in [-0.05, 0) is 17.7 Å². The van der Waals surface area contributed by atoms with Crippen LogP contribution in [-0.4, -0.2) is 23.5 Å². The molecule has 1 aliphatic rings. The van der Waals surface area contributed by atoms with Crippen molar-refractivity contribution in [1.82, 2.24) is 10.6 Å². The summed E-state index contributed by atoms with van der Waals surface area (Å²) in [6, 6.07) is 7.62. The first kappa shape index (κ1) is 12.4. The number of rotatable bonds is 2. The number of nitrogens with zero attached hydrogens (tertiary/aromatic N) is 1. The largest absolute Gasteiger partial charge is 0.334 e. The average molecular weight is 314 g/mol. The number of halogens is 1. The Morgan fingerprint density at radius 3 is 2.82 bits per heavy atom. The summed E-state index contributed by atoms with van der Waals surface area (Å²) in [6.45, 7) is 1.30. The van der Waals surface area contributed by atoms with Crippen LogP contribution in [0.25, 0.3) is 0 Å². The van der Waals surface area contributed by atoms with Gasteiger partial charge in [0.05, 0.1) is 6.54 Å². The fourth-order valence-corrected chi connectivity index (χ4v) is 2.32. The summed E-state index contributed by atoms with van der Waals surface area (Å²) in [4.78, 5) is 15.7. The molecule has 4 nitrogen and oxygen atoms in total. The molecule has 1 aromatic carbocycles. The summed E-state index contributed by atoms with van der Waals surface area (Å²) in [7, 11) is 0. The summed E-state index contributed by atoms with van der Waals surface area (Å²) in [6.07, 6.45) is 0. The molecule has 1 aliphatic heterocycles. The highest BCUT2D eigenvalue weighted by atomic mass is 79.9. The number of carbonyl (C=O) groups excluding carboxylic acids is 1. The first-order valence-corrected chi connectivity index (χ1v) is 6.98. The molecule has 0 aromatic heterocycles. The number of hydrogen-bond acceptors (Lipinski definition) is 3. The van der Waals surface area contributed by atoms with Crippen LogP contribution >= 0.6 is 27.7 Å². The summed E-state index contributed by atoms with van der Waals surface area (Å²) in [5, 5.41) is 6.21. The maximum atomic E-state index is 11.5. The molecule has 0 spiro atoms. The van der Waals surface area contributed by atoms with Crippen molar-refractivity contribution in [2.45, 2.75) is 6.54 Å². The van der Waals surface area contributed by atoms with Gasteiger partial charge in [0, 0.05) is 16.8 Å². The van der Waals surface area contributed by atoms with E-state index in [2.05, 4.69) is 31.6 Å². The molecule has 0 fully saturated rings. The molecule has 6 heteroatoms. The van der Waals surface area contributed by atoms with Gasteiger partial charge < -0.3 is 5.32 Å². The van der Waals surface area contributed by atoms with E-state index in [-0.39, 0.29) is 6.03 Å². The number of benzene rings is 1. The summed E-state index contributed by atoms with van der Waals surface area (Å²) in [5.41, 5.74) is 1.06. The Hall–Kier alpha value is -1.01. The van der Waals surface area contributed by atoms with E-state index in [9.17, 15) is 4.79 Å². The molecule has 2 N–H and O–H groups in total. The number of hydrogen-bond donors (Lipinski definition) is 2. The van der Waals surface area contributed by atoms with Crippen molar-refractivity contribution < 1.29 is 4.79 Å². The third-order valence-corrected chi connectivity index (χ3v) is 3.59. The van der Waals surface area contributed by atoms with E-state index in [4.69, 9.17) is 0 Å². The molecular weight excluding hydrogens is 302 g/mol. The van der Waals surface area contributed by atoms with Gasteiger partial charge in [-0.2, -0.15) is 0 Å². The number of thioether (sulfide) groups is 1. The molecule has 90 valence electrons. The maximum absolute atomic E-state index is 11.5. The van der Waals surface area contributed by atoms with E-state index >= 15 is 0 Å². The molecule has 0 aliphatic carbocycles. The number of carbonyl (C=O) groups is 1. The molecule has 0 bridgehead atoms. The number of urea groups is 1. The maximum Gasteiger partial charge on any atom is 0.321 e. The van der Waals surface area contributed by atoms with Crippen LogP contribution in [0, 0.1) is 0 Å². The van der Waals surface area contributed by atoms with E-state index < -0.39 is 0 Å². The zero-order valence-corrected chi connectivity index (χ0v) is 11.5. The highest BCUT2D eigenvalue weighted by Gasteiger charge is 2.09. The first-order chi connectivity index (χ1) is 8.24. The lowest BCUT2D eigenvalue weighted by Crippen LogP contribution is -2.37. The topological polar surface area (TPSA) is 53.5 Å². The standard InChI is InChI=1S/C11H12BrN3OS/c12-9-3-1-8(2-4-9)7-14-10(16)15-11-13-5-6-17-11/h1-4H,5-7H2,(H2,13,14,15,16). The van der Waals surface area contributed by atoms with Crippen molar-refractivity contribution in [3.05, 3.63) is 34.3 Å². The van der Waals surface area contributed by atoms with Gasteiger partial charge in [0.25, 0.3) is 0 Å². The molecule has 1 aromatic rings. The van der Waals surface area contributed by atoms with E-state index in [1.54, 1.807) is 11.8 Å². The number of amides is 2. The summed E-state index contributed by atoms with van der Waals surface area (Å²) >= 11 is 4.93. The van der Waals surface area contributed by atoms with Crippen molar-refractivity contribution in [3.63, 3.8) is 0 Å². The Balaban J connectivity index is 1.77. The Kier molecular flexibility index (Phi) is 4.44. The fraction of sp³-hybridized carbons (Fsp3) is 0.273. The van der Waals surface area contributed by atoms with Crippen molar-refractivity contribution in [3.8, 4) is 0 Å². The van der Waals surface area contributed by atoms with Gasteiger partial charge in [-0.15, -0.1) is 0 Å². The van der Waals surface area contributed by atoms with E-state index in [1.165, 1.54) is 0 Å². The van der Waals surface area contributed by atoms with Crippen LogP contribution < -0.4 is 10.6 Å². The zero-order chi connectivity index (χ0) is 12.1. The highest BCUT2D eigenvalue weighted by Crippen LogP contribution is 2.10. The van der Waals surface area contributed by atoms with Crippen LogP contribution in [-0.2, 0) is 6.54 Å². The van der Waals surface area contributed by atoms with Gasteiger partial charge in [0.15, 0.2) is 5.17 Å². The van der Waals surface area contributed by atoms with Crippen molar-refractivity contribution in [1.29, 1.82) is 0 Å². The third-order valence-electron chi connectivity index (χ3n) is 2.17. The number of amidine groups is 1. The minimum Gasteiger partial charge on any atom is -0.334 e. The Bertz CT molecular complexity index is 433. The third kappa shape index (κ3) is 4.05. The van der Waals surface area contributed by atoms with Crippen molar-refractivity contribution >= 4 is 38.9 Å². The SMILES string of the molecule is O=C(NCc1ccc(Br)cc1)NC1=NCCS1. The van der Waals surface area contributed by atoms with Crippen molar-refractivity contribution in [2.24, 2.45) is 4.99 Å². The van der Waals surface area contributed by atoms with E-state index in [0.717, 1.165) is 22.3 Å². The Morgan fingerprint density at radius 2 is 2.18 bits per heavy atom. The Labute approximate surface area is 112 Å². The molecule has 17 heavy (non-hydrogen) atoms. The van der Waals surface area contributed by atoms with Gasteiger partial charge in [-0.25, -0.2) is 4.79 Å². The zero-order valence-electron chi connectivity index (χ0n) is 9.07. The number of nitrogens with one attached hydrogen (secondary N) is 2. The first-order valence-electron chi connectivity index (χ1n) is 5.20. The van der Waals surface area contributed by atoms with Crippen LogP contribution in [0.15, 0.2) is 33.7 Å². The summed E-state index contributed by atoms with van der Waals surface area (Å²) in [5.74, 6) is 0.947. The van der Waals surface area contributed by atoms with Gasteiger partial charge in [-0.3, -0.25) is 10.3 Å². The van der Waals surface area contributed by atoms with Crippen LogP contribution in [0.5, 0.6) is 0 Å². The van der Waals surface area contributed by atoms with Crippen LogP contribution in [0.4, 0.5) is 4.79 Å². The predicted octanol–water partition coefficient (Wildman–Crippen LogP) is 2.35. The highest BCUT2D eigenvalue weighted by molar-refractivity contribution is 9.10. The molecule has 0 atom stereocenters. The second-order valence-electron chi connectivity index (χ2n) is 3.47. The fourth-order valence-electron chi connectivity index (χ4n) is 1.34. The molecule has 0 saturated heterocycles. The lowest BCUT2D eigenvalue weighted by molar-refractivity contribution is 0.245. The van der Waals surface area contributed by atoms with Gasteiger partial charge in [-0.1, -0.05) is 39.8 Å². The van der Waals surface area contributed by atoms with E-state index in [1.807, 2.05) is 24.3 Å². The lowest BCUT2D eigenvalue weighted by Gasteiger charge is -2.06. The quantitative estimate of drug-likeness (QED) is 0.880. The molecule has 1 heterocycles. The minimum absolute atomic E-state index is 0.207. The normalized spacial score (nSPS) is 14.3. The minimum atomic E-state index is -0.207. The van der Waals surface area contributed by atoms with Gasteiger partial charge in [0.2, 0.25) is 0 Å². The molecule has 2 rings (SSSR count). The van der Waals surface area contributed by atoms with Crippen LogP contribution in [0.1, 0.15) is 5.56 Å². The van der Waals surface area contributed by atoms with Crippen LogP contribution in [0.2, 0.25) is 0 Å². The van der Waals surface area contributed by atoms with Crippen LogP contribution in [0.3, 0.4) is 0 Å². The van der Waals surface area contributed by atoms with E-state index in [0.29, 0.717) is 11.7 Å². The molecule has 0 saturated carbocycles. The molecule has 0 unspecified atom stereocenters. The molecule has 2 amide bonds. The molecular formula is C11H12BrN3OS. The Morgan fingerprint density at radius 1 is 1.41 bits per heavy atom. The van der Waals surface area contributed by atoms with Gasteiger partial charge >= 0.3 is 6.03 Å². The second-order valence-corrected chi connectivity index (χ2v) is 5.47. The summed E-state index contributed by atoms with van der Waals surface area (Å²) < 4.78 is 1.03.